The quantitative estimate of drug-likeness (QED) is 0.613. The van der Waals surface area contributed by atoms with Gasteiger partial charge in [0, 0.05) is 11.4 Å². The van der Waals surface area contributed by atoms with E-state index in [1.165, 1.54) is 22.5 Å². The first-order valence-electron chi connectivity index (χ1n) is 4.28. The monoisotopic (exact) mass is 159 g/mol. The van der Waals surface area contributed by atoms with Crippen LogP contribution in [0.15, 0.2) is 35.5 Å². The van der Waals surface area contributed by atoms with Crippen molar-refractivity contribution >= 4 is 5.69 Å². The number of hydrogen-bond acceptors (Lipinski definition) is 1. The van der Waals surface area contributed by atoms with Gasteiger partial charge in [-0.3, -0.25) is 0 Å². The summed E-state index contributed by atoms with van der Waals surface area (Å²) in [5, 5.41) is 3.39. The maximum atomic E-state index is 3.39. The van der Waals surface area contributed by atoms with Crippen LogP contribution in [0.25, 0.3) is 0 Å². The number of benzene rings is 1. The van der Waals surface area contributed by atoms with E-state index >= 15 is 0 Å². The Hall–Kier alpha value is -1.24. The zero-order chi connectivity index (χ0) is 8.55. The molecule has 0 spiro atoms. The molecule has 0 fully saturated rings. The Kier molecular flexibility index (Phi) is 1.65. The van der Waals surface area contributed by atoms with Gasteiger partial charge in [-0.2, -0.15) is 0 Å². The number of allylic oxidation sites excluding steroid dienone is 2. The smallest absolute Gasteiger partial charge is 0.0417 e. The van der Waals surface area contributed by atoms with Gasteiger partial charge in [-0.15, -0.1) is 0 Å². The Bertz CT molecular complexity index is 304. The lowest BCUT2D eigenvalue weighted by atomic mass is 9.99. The predicted molar refractivity (Wildman–Crippen MR) is 52.1 cm³/mol. The average Bonchev–Trinajstić information content (AvgIpc) is 2.07. The topological polar surface area (TPSA) is 12.0 Å². The third kappa shape index (κ3) is 1.11. The first-order valence-corrected chi connectivity index (χ1v) is 4.28. The third-order valence-corrected chi connectivity index (χ3v) is 2.44. The molecule has 2 rings (SSSR count). The number of para-hydroxylation sites is 1. The van der Waals surface area contributed by atoms with Crippen LogP contribution in [0.1, 0.15) is 19.4 Å². The van der Waals surface area contributed by atoms with Crippen LogP contribution in [0.5, 0.6) is 0 Å². The van der Waals surface area contributed by atoms with Gasteiger partial charge in [-0.1, -0.05) is 18.2 Å². The molecular formula is C11H13N. The molecule has 1 heteroatoms. The molecule has 1 N–H and O–H groups in total. The van der Waals surface area contributed by atoms with Crippen LogP contribution in [0.3, 0.4) is 0 Å². The number of nitrogens with one attached hydrogen (secondary N) is 1. The van der Waals surface area contributed by atoms with E-state index in [2.05, 4.69) is 43.4 Å². The van der Waals surface area contributed by atoms with Crippen LogP contribution in [0.2, 0.25) is 0 Å². The molecule has 0 aliphatic carbocycles. The summed E-state index contributed by atoms with van der Waals surface area (Å²) in [4.78, 5) is 0. The number of rotatable bonds is 0. The molecule has 0 bridgehead atoms. The average molecular weight is 159 g/mol. The molecule has 1 aliphatic heterocycles. The fraction of sp³-hybridized carbons (Fsp3) is 0.273. The Morgan fingerprint density at radius 2 is 1.92 bits per heavy atom. The fourth-order valence-corrected chi connectivity index (χ4v) is 1.52. The highest BCUT2D eigenvalue weighted by Crippen LogP contribution is 2.26. The summed E-state index contributed by atoms with van der Waals surface area (Å²) in [5.74, 6) is 0. The fourth-order valence-electron chi connectivity index (χ4n) is 1.52. The van der Waals surface area contributed by atoms with Gasteiger partial charge in [0.15, 0.2) is 0 Å². The summed E-state index contributed by atoms with van der Waals surface area (Å²) in [7, 11) is 0. The highest BCUT2D eigenvalue weighted by Gasteiger charge is 2.09. The highest BCUT2D eigenvalue weighted by molar-refractivity contribution is 5.59. The van der Waals surface area contributed by atoms with Crippen molar-refractivity contribution < 1.29 is 0 Å². The van der Waals surface area contributed by atoms with Crippen LogP contribution >= 0.6 is 0 Å². The maximum absolute atomic E-state index is 3.39. The summed E-state index contributed by atoms with van der Waals surface area (Å²) < 4.78 is 0. The lowest BCUT2D eigenvalue weighted by molar-refractivity contribution is 1.05. The van der Waals surface area contributed by atoms with Gasteiger partial charge in [0.05, 0.1) is 0 Å². The van der Waals surface area contributed by atoms with E-state index in [4.69, 9.17) is 0 Å². The molecule has 12 heavy (non-hydrogen) atoms. The van der Waals surface area contributed by atoms with E-state index < -0.39 is 0 Å². The van der Waals surface area contributed by atoms with Crippen molar-refractivity contribution in [2.24, 2.45) is 0 Å². The van der Waals surface area contributed by atoms with E-state index in [-0.39, 0.29) is 0 Å². The maximum Gasteiger partial charge on any atom is 0.0417 e. The highest BCUT2D eigenvalue weighted by atomic mass is 14.9. The zero-order valence-corrected chi connectivity index (χ0v) is 7.52. The van der Waals surface area contributed by atoms with E-state index in [0.29, 0.717) is 0 Å². The molecule has 1 aromatic rings. The van der Waals surface area contributed by atoms with Gasteiger partial charge < -0.3 is 5.32 Å². The van der Waals surface area contributed by atoms with Gasteiger partial charge in [0.25, 0.3) is 0 Å². The van der Waals surface area contributed by atoms with Crippen LogP contribution in [-0.2, 0) is 6.42 Å². The summed E-state index contributed by atoms with van der Waals surface area (Å²) in [6, 6.07) is 8.47. The van der Waals surface area contributed by atoms with Crippen molar-refractivity contribution in [2.75, 3.05) is 5.32 Å². The van der Waals surface area contributed by atoms with Crippen LogP contribution in [0, 0.1) is 0 Å². The van der Waals surface area contributed by atoms with Gasteiger partial charge in [0.2, 0.25) is 0 Å². The van der Waals surface area contributed by atoms with Gasteiger partial charge >= 0.3 is 0 Å². The minimum atomic E-state index is 1.09. The molecule has 0 unspecified atom stereocenters. The Balaban J connectivity index is 2.43. The Morgan fingerprint density at radius 3 is 2.75 bits per heavy atom. The largest absolute Gasteiger partial charge is 0.359 e. The number of hydrogen-bond donors (Lipinski definition) is 1. The zero-order valence-electron chi connectivity index (χ0n) is 7.52. The first kappa shape index (κ1) is 7.41. The van der Waals surface area contributed by atoms with Crippen molar-refractivity contribution in [3.05, 3.63) is 41.1 Å². The van der Waals surface area contributed by atoms with Crippen molar-refractivity contribution in [1.29, 1.82) is 0 Å². The van der Waals surface area contributed by atoms with Gasteiger partial charge in [-0.25, -0.2) is 0 Å². The molecular weight excluding hydrogens is 146 g/mol. The summed E-state index contributed by atoms with van der Waals surface area (Å²) in [6.07, 6.45) is 1.09. The molecule has 1 aromatic carbocycles. The second kappa shape index (κ2) is 2.67. The Labute approximate surface area is 73.1 Å². The molecule has 1 heterocycles. The van der Waals surface area contributed by atoms with E-state index in [0.717, 1.165) is 6.42 Å². The summed E-state index contributed by atoms with van der Waals surface area (Å²) >= 11 is 0. The van der Waals surface area contributed by atoms with Crippen LogP contribution in [-0.4, -0.2) is 0 Å². The lowest BCUT2D eigenvalue weighted by Crippen LogP contribution is -2.08. The van der Waals surface area contributed by atoms with Crippen molar-refractivity contribution in [2.45, 2.75) is 20.3 Å². The van der Waals surface area contributed by atoms with E-state index in [1.54, 1.807) is 0 Å². The second-order valence-electron chi connectivity index (χ2n) is 3.36. The van der Waals surface area contributed by atoms with E-state index in [1.807, 2.05) is 0 Å². The normalized spacial score (nSPS) is 15.5. The third-order valence-electron chi connectivity index (χ3n) is 2.44. The molecule has 0 aromatic heterocycles. The second-order valence-corrected chi connectivity index (χ2v) is 3.36. The molecule has 1 nitrogen and oxygen atoms in total. The molecule has 1 aliphatic rings. The molecule has 0 saturated carbocycles. The summed E-state index contributed by atoms with van der Waals surface area (Å²) in [6.45, 7) is 4.31. The minimum absolute atomic E-state index is 1.09. The minimum Gasteiger partial charge on any atom is -0.359 e. The van der Waals surface area contributed by atoms with Crippen molar-refractivity contribution in [1.82, 2.24) is 0 Å². The lowest BCUT2D eigenvalue weighted by Gasteiger charge is -2.20. The van der Waals surface area contributed by atoms with Crippen LogP contribution in [0.4, 0.5) is 5.69 Å². The Morgan fingerprint density at radius 1 is 1.17 bits per heavy atom. The standard InChI is InChI=1S/C11H13N/c1-8-7-10-5-3-4-6-11(10)12-9(8)2/h3-6,12H,7H2,1-2H3. The van der Waals surface area contributed by atoms with Gasteiger partial charge in [0.1, 0.15) is 0 Å². The van der Waals surface area contributed by atoms with Gasteiger partial charge in [-0.05, 0) is 37.5 Å². The predicted octanol–water partition coefficient (Wildman–Crippen LogP) is 2.95. The summed E-state index contributed by atoms with van der Waals surface area (Å²) in [5.41, 5.74) is 5.41. The molecule has 62 valence electrons. The van der Waals surface area contributed by atoms with Crippen molar-refractivity contribution in [3.8, 4) is 0 Å². The molecule has 0 atom stereocenters. The van der Waals surface area contributed by atoms with Crippen molar-refractivity contribution in [3.63, 3.8) is 0 Å². The van der Waals surface area contributed by atoms with E-state index in [9.17, 15) is 0 Å². The number of fused-ring (bicyclic) bond motifs is 1. The molecule has 0 amide bonds. The first-order chi connectivity index (χ1) is 5.77. The molecule has 0 radical (unpaired) electrons. The number of anilines is 1. The van der Waals surface area contributed by atoms with Crippen LogP contribution < -0.4 is 5.32 Å². The molecule has 0 saturated heterocycles. The SMILES string of the molecule is CC1=C(C)Nc2ccccc2C1.